The molecule has 1 aliphatic heterocycles. The van der Waals surface area contributed by atoms with E-state index >= 15 is 0 Å². The Hall–Kier alpha value is -3.80. The third-order valence-corrected chi connectivity index (χ3v) is 6.92. The van der Waals surface area contributed by atoms with Crippen LogP contribution in [0.1, 0.15) is 59.3 Å². The predicted octanol–water partition coefficient (Wildman–Crippen LogP) is 5.52. The van der Waals surface area contributed by atoms with Gasteiger partial charge in [0.05, 0.1) is 19.7 Å². The summed E-state index contributed by atoms with van der Waals surface area (Å²) in [6.45, 7) is 2.42. The van der Waals surface area contributed by atoms with Crippen molar-refractivity contribution >= 4 is 17.5 Å². The van der Waals surface area contributed by atoms with E-state index in [1.807, 2.05) is 36.1 Å². The summed E-state index contributed by atoms with van der Waals surface area (Å²) in [6, 6.07) is 21.0. The lowest BCUT2D eigenvalue weighted by Crippen LogP contribution is -2.42. The average molecular weight is 471 g/mol. The zero-order valence-electron chi connectivity index (χ0n) is 20.1. The first-order valence-corrected chi connectivity index (χ1v) is 12.2. The van der Waals surface area contributed by atoms with Crippen molar-refractivity contribution < 1.29 is 19.1 Å². The fraction of sp³-hybridized carbons (Fsp3) is 0.310. The normalized spacial score (nSPS) is 19.1. The number of amides is 2. The average Bonchev–Trinajstić information content (AvgIpc) is 3.04. The first-order chi connectivity index (χ1) is 17.1. The smallest absolute Gasteiger partial charge is 0.264 e. The lowest BCUT2D eigenvalue weighted by molar-refractivity contribution is -0.141. The minimum atomic E-state index is -0.523. The Balaban J connectivity index is 1.43. The molecule has 0 spiro atoms. The topological polar surface area (TPSA) is 67.9 Å². The minimum Gasteiger partial charge on any atom is -0.497 e. The molecule has 5 rings (SSSR count). The van der Waals surface area contributed by atoms with Crippen molar-refractivity contribution in [3.63, 3.8) is 0 Å². The van der Waals surface area contributed by atoms with Gasteiger partial charge in [0.25, 0.3) is 11.8 Å². The van der Waals surface area contributed by atoms with E-state index in [0.29, 0.717) is 35.7 Å². The van der Waals surface area contributed by atoms with Gasteiger partial charge >= 0.3 is 0 Å². The number of nitrogens with one attached hydrogen (secondary N) is 1. The summed E-state index contributed by atoms with van der Waals surface area (Å²) in [5.74, 6) is 1.21. The van der Waals surface area contributed by atoms with Gasteiger partial charge in [-0.25, -0.2) is 0 Å². The Morgan fingerprint density at radius 1 is 1.09 bits per heavy atom. The van der Waals surface area contributed by atoms with E-state index in [4.69, 9.17) is 9.47 Å². The van der Waals surface area contributed by atoms with Crippen LogP contribution >= 0.6 is 0 Å². The largest absolute Gasteiger partial charge is 0.497 e. The van der Waals surface area contributed by atoms with Gasteiger partial charge in [-0.1, -0.05) is 31.2 Å². The van der Waals surface area contributed by atoms with Crippen LogP contribution in [0.4, 0.5) is 5.69 Å². The van der Waals surface area contributed by atoms with Crippen molar-refractivity contribution in [1.29, 1.82) is 0 Å². The van der Waals surface area contributed by atoms with Gasteiger partial charge in [-0.15, -0.1) is 0 Å². The lowest BCUT2D eigenvalue weighted by Gasteiger charge is -2.36. The zero-order chi connectivity index (χ0) is 24.4. The monoisotopic (exact) mass is 470 g/mol. The SMILES string of the molecule is CCC1Oc2ccc(NC(=O)c3ccc(OC)cc3)cc2CN(C2CCCc3ccccc32)C1=O. The van der Waals surface area contributed by atoms with E-state index in [2.05, 4.69) is 23.5 Å². The molecule has 0 bridgehead atoms. The van der Waals surface area contributed by atoms with E-state index in [1.54, 1.807) is 31.4 Å². The molecule has 180 valence electrons. The van der Waals surface area contributed by atoms with Gasteiger partial charge in [0.1, 0.15) is 11.5 Å². The summed E-state index contributed by atoms with van der Waals surface area (Å²) < 4.78 is 11.4. The molecule has 1 heterocycles. The molecule has 6 nitrogen and oxygen atoms in total. The van der Waals surface area contributed by atoms with Gasteiger partial charge in [0.15, 0.2) is 6.10 Å². The Kier molecular flexibility index (Phi) is 6.45. The number of hydrogen-bond acceptors (Lipinski definition) is 4. The first-order valence-electron chi connectivity index (χ1n) is 12.2. The van der Waals surface area contributed by atoms with Crippen molar-refractivity contribution in [2.24, 2.45) is 0 Å². The molecule has 0 saturated carbocycles. The van der Waals surface area contributed by atoms with Crippen molar-refractivity contribution in [3.8, 4) is 11.5 Å². The number of benzene rings is 3. The third-order valence-electron chi connectivity index (χ3n) is 6.92. The molecule has 2 amide bonds. The van der Waals surface area contributed by atoms with Crippen LogP contribution < -0.4 is 14.8 Å². The molecule has 2 unspecified atom stereocenters. The van der Waals surface area contributed by atoms with Crippen molar-refractivity contribution in [2.75, 3.05) is 12.4 Å². The summed E-state index contributed by atoms with van der Waals surface area (Å²) in [5, 5.41) is 2.97. The summed E-state index contributed by atoms with van der Waals surface area (Å²) in [7, 11) is 1.59. The molecular formula is C29H30N2O4. The molecule has 0 saturated heterocycles. The van der Waals surface area contributed by atoms with Crippen molar-refractivity contribution in [2.45, 2.75) is 51.3 Å². The number of aryl methyl sites for hydroxylation is 1. The number of nitrogens with zero attached hydrogens (tertiary/aromatic N) is 1. The fourth-order valence-electron chi connectivity index (χ4n) is 5.07. The van der Waals surface area contributed by atoms with E-state index in [1.165, 1.54) is 11.1 Å². The van der Waals surface area contributed by atoms with Gasteiger partial charge in [-0.2, -0.15) is 0 Å². The molecule has 0 fully saturated rings. The van der Waals surface area contributed by atoms with Gasteiger partial charge in [0.2, 0.25) is 0 Å². The molecule has 0 radical (unpaired) electrons. The highest BCUT2D eigenvalue weighted by atomic mass is 16.5. The van der Waals surface area contributed by atoms with E-state index in [9.17, 15) is 9.59 Å². The van der Waals surface area contributed by atoms with Crippen LogP contribution in [-0.2, 0) is 17.8 Å². The summed E-state index contributed by atoms with van der Waals surface area (Å²) in [5.41, 5.74) is 4.65. The summed E-state index contributed by atoms with van der Waals surface area (Å²) in [4.78, 5) is 28.4. The Morgan fingerprint density at radius 2 is 1.89 bits per heavy atom. The number of hydrogen-bond donors (Lipinski definition) is 1. The molecule has 35 heavy (non-hydrogen) atoms. The number of anilines is 1. The number of rotatable bonds is 5. The predicted molar refractivity (Wildman–Crippen MR) is 135 cm³/mol. The minimum absolute atomic E-state index is 0.0218. The molecule has 1 N–H and O–H groups in total. The Labute approximate surface area is 205 Å². The van der Waals surface area contributed by atoms with Crippen molar-refractivity contribution in [1.82, 2.24) is 4.90 Å². The summed E-state index contributed by atoms with van der Waals surface area (Å²) in [6.07, 6.45) is 3.10. The molecule has 0 aromatic heterocycles. The maximum atomic E-state index is 13.6. The molecule has 3 aromatic rings. The second-order valence-electron chi connectivity index (χ2n) is 9.09. The van der Waals surface area contributed by atoms with Gasteiger partial charge in [0, 0.05) is 16.8 Å². The van der Waals surface area contributed by atoms with Crippen LogP contribution in [0, 0.1) is 0 Å². The molecule has 2 aliphatic rings. The van der Waals surface area contributed by atoms with Gasteiger partial charge in [-0.05, 0) is 79.3 Å². The fourth-order valence-corrected chi connectivity index (χ4v) is 5.07. The van der Waals surface area contributed by atoms with E-state index < -0.39 is 6.10 Å². The number of carbonyl (C=O) groups is 2. The van der Waals surface area contributed by atoms with Crippen LogP contribution in [0.15, 0.2) is 66.7 Å². The van der Waals surface area contributed by atoms with Crippen LogP contribution in [0.3, 0.4) is 0 Å². The molecule has 2 atom stereocenters. The van der Waals surface area contributed by atoms with Crippen LogP contribution in [0.2, 0.25) is 0 Å². The van der Waals surface area contributed by atoms with Gasteiger partial charge in [-0.3, -0.25) is 9.59 Å². The number of ether oxygens (including phenoxy) is 2. The molecule has 3 aromatic carbocycles. The number of carbonyl (C=O) groups excluding carboxylic acids is 2. The lowest BCUT2D eigenvalue weighted by atomic mass is 9.86. The van der Waals surface area contributed by atoms with Crippen LogP contribution in [0.5, 0.6) is 11.5 Å². The van der Waals surface area contributed by atoms with Crippen LogP contribution in [-0.4, -0.2) is 29.9 Å². The molecule has 1 aliphatic carbocycles. The highest BCUT2D eigenvalue weighted by Crippen LogP contribution is 2.39. The number of fused-ring (bicyclic) bond motifs is 2. The Morgan fingerprint density at radius 3 is 2.66 bits per heavy atom. The van der Waals surface area contributed by atoms with E-state index in [0.717, 1.165) is 24.8 Å². The Bertz CT molecular complexity index is 1240. The van der Waals surface area contributed by atoms with Crippen molar-refractivity contribution in [3.05, 3.63) is 89.0 Å². The van der Waals surface area contributed by atoms with E-state index in [-0.39, 0.29) is 17.9 Å². The quantitative estimate of drug-likeness (QED) is 0.533. The third kappa shape index (κ3) is 4.61. The zero-order valence-corrected chi connectivity index (χ0v) is 20.1. The standard InChI is InChI=1S/C29H30N2O4/c1-3-26-29(33)31(25-10-6-8-19-7-4-5-9-24(19)25)18-21-17-22(13-16-27(21)35-26)30-28(32)20-11-14-23(34-2)15-12-20/h4-5,7,9,11-17,25-26H,3,6,8,10,18H2,1-2H3,(H,30,32). The maximum absolute atomic E-state index is 13.6. The molecule has 6 heteroatoms. The van der Waals surface area contributed by atoms with Gasteiger partial charge < -0.3 is 19.7 Å². The maximum Gasteiger partial charge on any atom is 0.264 e. The highest BCUT2D eigenvalue weighted by Gasteiger charge is 2.36. The first kappa shape index (κ1) is 23.0. The second kappa shape index (κ2) is 9.82. The number of methoxy groups -OCH3 is 1. The highest BCUT2D eigenvalue weighted by molar-refractivity contribution is 6.04. The van der Waals surface area contributed by atoms with Crippen LogP contribution in [0.25, 0.3) is 0 Å². The summed E-state index contributed by atoms with van der Waals surface area (Å²) >= 11 is 0. The molecular weight excluding hydrogens is 440 g/mol. The second-order valence-corrected chi connectivity index (χ2v) is 9.09.